The fourth-order valence-corrected chi connectivity index (χ4v) is 4.48. The van der Waals surface area contributed by atoms with E-state index in [1.807, 2.05) is 53.1 Å². The van der Waals surface area contributed by atoms with Crippen molar-refractivity contribution in [3.63, 3.8) is 0 Å². The van der Waals surface area contributed by atoms with Crippen LogP contribution in [0.3, 0.4) is 0 Å². The molecule has 0 spiro atoms. The molecule has 1 N–H and O–H groups in total. The van der Waals surface area contributed by atoms with E-state index >= 15 is 0 Å². The number of fused-ring (bicyclic) bond motifs is 1. The number of hydrogen-bond acceptors (Lipinski definition) is 3. The zero-order valence-electron chi connectivity index (χ0n) is 16.7. The minimum absolute atomic E-state index is 0.0470. The van der Waals surface area contributed by atoms with E-state index < -0.39 is 5.60 Å². The molecule has 0 amide bonds. The maximum absolute atomic E-state index is 13.3. The Morgan fingerprint density at radius 3 is 2.55 bits per heavy atom. The number of rotatable bonds is 3. The first-order valence-electron chi connectivity index (χ1n) is 10.2. The summed E-state index contributed by atoms with van der Waals surface area (Å²) in [4.78, 5) is 4.33. The van der Waals surface area contributed by atoms with Gasteiger partial charge in [0.25, 0.3) is 0 Å². The van der Waals surface area contributed by atoms with Gasteiger partial charge >= 0.3 is 0 Å². The number of nitriles is 1. The molecule has 0 bridgehead atoms. The minimum Gasteiger partial charge on any atom is -0.379 e. The van der Waals surface area contributed by atoms with E-state index in [-0.39, 0.29) is 11.9 Å². The van der Waals surface area contributed by atoms with Crippen molar-refractivity contribution < 1.29 is 9.50 Å². The van der Waals surface area contributed by atoms with Gasteiger partial charge < -0.3 is 9.67 Å². The van der Waals surface area contributed by atoms with Crippen molar-refractivity contribution in [2.24, 2.45) is 0 Å². The molecular weight excluding hydrogens is 389 g/mol. The van der Waals surface area contributed by atoms with Crippen LogP contribution in [-0.4, -0.2) is 14.7 Å². The Morgan fingerprint density at radius 1 is 1.03 bits per heavy atom. The number of benzene rings is 3. The fourth-order valence-electron chi connectivity index (χ4n) is 4.48. The molecule has 1 unspecified atom stereocenters. The Bertz CT molecular complexity index is 1270. The summed E-state index contributed by atoms with van der Waals surface area (Å²) in [6.07, 6.45) is 4.75. The number of nitrogens with zero attached hydrogens (tertiary/aromatic N) is 3. The first-order valence-corrected chi connectivity index (χ1v) is 10.2. The molecule has 152 valence electrons. The maximum atomic E-state index is 13.3. The van der Waals surface area contributed by atoms with Crippen LogP contribution in [0.2, 0.25) is 0 Å². The molecular formula is C26H20FN3O. The van der Waals surface area contributed by atoms with Crippen LogP contribution in [0.4, 0.5) is 4.39 Å². The zero-order valence-corrected chi connectivity index (χ0v) is 16.7. The van der Waals surface area contributed by atoms with Gasteiger partial charge in [0.05, 0.1) is 35.9 Å². The molecule has 4 aromatic rings. The van der Waals surface area contributed by atoms with Crippen LogP contribution in [0.1, 0.15) is 41.3 Å². The van der Waals surface area contributed by atoms with E-state index in [1.165, 1.54) is 12.1 Å². The molecule has 1 aromatic heterocycles. The normalized spacial score (nSPS) is 20.1. The van der Waals surface area contributed by atoms with Crippen LogP contribution in [-0.2, 0) is 5.60 Å². The quantitative estimate of drug-likeness (QED) is 0.507. The highest BCUT2D eigenvalue weighted by Crippen LogP contribution is 2.44. The summed E-state index contributed by atoms with van der Waals surface area (Å²) in [5.74, 6) is -0.274. The Morgan fingerprint density at radius 2 is 1.81 bits per heavy atom. The van der Waals surface area contributed by atoms with Gasteiger partial charge in [-0.25, -0.2) is 9.37 Å². The average molecular weight is 409 g/mol. The molecule has 2 heterocycles. The Hall–Kier alpha value is -3.75. The van der Waals surface area contributed by atoms with Crippen LogP contribution in [0, 0.1) is 17.1 Å². The molecule has 0 saturated heterocycles. The first kappa shape index (κ1) is 19.2. The Balaban J connectivity index is 1.53. The molecule has 31 heavy (non-hydrogen) atoms. The van der Waals surface area contributed by atoms with Crippen LogP contribution < -0.4 is 0 Å². The van der Waals surface area contributed by atoms with Crippen LogP contribution in [0.25, 0.3) is 11.1 Å². The van der Waals surface area contributed by atoms with E-state index in [9.17, 15) is 9.50 Å². The van der Waals surface area contributed by atoms with Crippen LogP contribution in [0.15, 0.2) is 85.3 Å². The predicted molar refractivity (Wildman–Crippen MR) is 116 cm³/mol. The maximum Gasteiger partial charge on any atom is 0.131 e. The summed E-state index contributed by atoms with van der Waals surface area (Å²) in [6.45, 7) is 0. The number of aliphatic hydroxyl groups is 1. The van der Waals surface area contributed by atoms with E-state index in [0.717, 1.165) is 34.4 Å². The molecule has 4 nitrogen and oxygen atoms in total. The largest absolute Gasteiger partial charge is 0.379 e. The van der Waals surface area contributed by atoms with Gasteiger partial charge in [0.1, 0.15) is 11.4 Å². The van der Waals surface area contributed by atoms with E-state index in [1.54, 1.807) is 24.7 Å². The highest BCUT2D eigenvalue weighted by molar-refractivity contribution is 5.64. The molecule has 5 rings (SSSR count). The summed E-state index contributed by atoms with van der Waals surface area (Å²) >= 11 is 0. The molecule has 1 aliphatic heterocycles. The number of hydrogen-bond donors (Lipinski definition) is 1. The van der Waals surface area contributed by atoms with Crippen molar-refractivity contribution in [1.29, 1.82) is 5.26 Å². The zero-order chi connectivity index (χ0) is 21.4. The lowest BCUT2D eigenvalue weighted by Gasteiger charge is -2.38. The lowest BCUT2D eigenvalue weighted by Crippen LogP contribution is -2.36. The van der Waals surface area contributed by atoms with Crippen molar-refractivity contribution in [2.75, 3.05) is 0 Å². The van der Waals surface area contributed by atoms with Gasteiger partial charge in [-0.15, -0.1) is 0 Å². The molecule has 0 fully saturated rings. The molecule has 3 aromatic carbocycles. The molecule has 2 atom stereocenters. The third-order valence-electron chi connectivity index (χ3n) is 6.15. The lowest BCUT2D eigenvalue weighted by molar-refractivity contribution is 0.0420. The van der Waals surface area contributed by atoms with E-state index in [2.05, 4.69) is 11.1 Å². The second-order valence-electron chi connectivity index (χ2n) is 7.92. The highest BCUT2D eigenvalue weighted by Gasteiger charge is 2.40. The van der Waals surface area contributed by atoms with Gasteiger partial charge in [-0.1, -0.05) is 42.5 Å². The predicted octanol–water partition coefficient (Wildman–Crippen LogP) is 5.18. The first-order chi connectivity index (χ1) is 15.1. The number of imidazole rings is 1. The SMILES string of the molecule is N#Cc1ccc([C@H]2CCC(O)(c3cccc(-c4ccc(F)cc4)c3)c3cncn32)cc1. The van der Waals surface area contributed by atoms with Crippen LogP contribution in [0.5, 0.6) is 0 Å². The Labute approximate surface area is 179 Å². The second kappa shape index (κ2) is 7.50. The standard InChI is InChI=1S/C26H20FN3O/c27-23-10-8-19(9-11-23)21-2-1-3-22(14-21)26(31)13-12-24(30-17-29-16-25(26)30)20-6-4-18(15-28)5-7-20/h1-11,14,16-17,24,31H,12-13H2/t24-,26?/m1/s1. The smallest absolute Gasteiger partial charge is 0.131 e. The van der Waals surface area contributed by atoms with Crippen molar-refractivity contribution in [3.8, 4) is 17.2 Å². The molecule has 0 aliphatic carbocycles. The molecule has 0 radical (unpaired) electrons. The van der Waals surface area contributed by atoms with Gasteiger partial charge in [-0.05, 0) is 65.4 Å². The summed E-state index contributed by atoms with van der Waals surface area (Å²) in [7, 11) is 0. The highest BCUT2D eigenvalue weighted by atomic mass is 19.1. The average Bonchev–Trinajstić information content (AvgIpc) is 3.31. The third-order valence-corrected chi connectivity index (χ3v) is 6.15. The number of halogens is 1. The van der Waals surface area contributed by atoms with Gasteiger partial charge in [-0.2, -0.15) is 5.26 Å². The summed E-state index contributed by atoms with van der Waals surface area (Å²) < 4.78 is 15.3. The van der Waals surface area contributed by atoms with Gasteiger partial charge in [0.2, 0.25) is 0 Å². The topological polar surface area (TPSA) is 61.8 Å². The van der Waals surface area contributed by atoms with Crippen molar-refractivity contribution in [2.45, 2.75) is 24.5 Å². The van der Waals surface area contributed by atoms with Crippen molar-refractivity contribution in [1.82, 2.24) is 9.55 Å². The van der Waals surface area contributed by atoms with Crippen molar-refractivity contribution >= 4 is 0 Å². The third kappa shape index (κ3) is 3.31. The van der Waals surface area contributed by atoms with Crippen molar-refractivity contribution in [3.05, 3.63) is 114 Å². The minimum atomic E-state index is -1.17. The van der Waals surface area contributed by atoms with Gasteiger partial charge in [0, 0.05) is 0 Å². The van der Waals surface area contributed by atoms with Crippen LogP contribution >= 0.6 is 0 Å². The second-order valence-corrected chi connectivity index (χ2v) is 7.92. The molecule has 1 aliphatic rings. The van der Waals surface area contributed by atoms with E-state index in [0.29, 0.717) is 12.0 Å². The fraction of sp³-hybridized carbons (Fsp3) is 0.154. The van der Waals surface area contributed by atoms with Gasteiger partial charge in [0.15, 0.2) is 0 Å². The van der Waals surface area contributed by atoms with Gasteiger partial charge in [-0.3, -0.25) is 0 Å². The lowest BCUT2D eigenvalue weighted by atomic mass is 9.80. The molecule has 0 saturated carbocycles. The monoisotopic (exact) mass is 409 g/mol. The Kier molecular flexibility index (Phi) is 4.65. The summed E-state index contributed by atoms with van der Waals surface area (Å²) in [5.41, 5.74) is 3.88. The summed E-state index contributed by atoms with van der Waals surface area (Å²) in [6, 6.07) is 23.9. The summed E-state index contributed by atoms with van der Waals surface area (Å²) in [5, 5.41) is 20.8. The number of aromatic nitrogens is 2. The van der Waals surface area contributed by atoms with E-state index in [4.69, 9.17) is 5.26 Å². The molecule has 5 heteroatoms.